The van der Waals surface area contributed by atoms with Crippen molar-refractivity contribution in [2.75, 3.05) is 5.73 Å². The minimum Gasteiger partial charge on any atom is -0.481 e. The largest absolute Gasteiger partial charge is 0.481 e. The number of anilines is 1. The van der Waals surface area contributed by atoms with Crippen LogP contribution in [0.15, 0.2) is 29.6 Å². The number of carboxylic acids is 1. The molecule has 6 heteroatoms. The lowest BCUT2D eigenvalue weighted by molar-refractivity contribution is -0.136. The summed E-state index contributed by atoms with van der Waals surface area (Å²) in [6.07, 6.45) is -0.0428. The molecule has 90 valence electrons. The number of nitrogen functional groups attached to an aromatic ring is 1. The summed E-state index contributed by atoms with van der Waals surface area (Å²) < 4.78 is 0. The van der Waals surface area contributed by atoms with E-state index in [0.29, 0.717) is 11.4 Å². The molecule has 0 unspecified atom stereocenters. The molecule has 0 saturated carbocycles. The molecule has 0 aliphatic heterocycles. The summed E-state index contributed by atoms with van der Waals surface area (Å²) in [6, 6.07) is 7.38. The molecule has 0 saturated heterocycles. The van der Waals surface area contributed by atoms with Crippen molar-refractivity contribution < 1.29 is 9.90 Å². The molecule has 0 spiro atoms. The zero-order chi connectivity index (χ0) is 11.5. The molecule has 1 aromatic carbocycles. The number of carbonyl (C=O) groups is 1. The Morgan fingerprint density at radius 1 is 1.47 bits per heavy atom. The first-order valence-electron chi connectivity index (χ1n) is 4.67. The monoisotopic (exact) mass is 270 g/mol. The lowest BCUT2D eigenvalue weighted by Gasteiger charge is -1.97. The number of hydrogen-bond donors (Lipinski definition) is 2. The van der Waals surface area contributed by atoms with E-state index in [4.69, 9.17) is 10.8 Å². The van der Waals surface area contributed by atoms with E-state index >= 15 is 0 Å². The third-order valence-corrected chi connectivity index (χ3v) is 2.96. The molecule has 3 N–H and O–H groups in total. The zero-order valence-corrected chi connectivity index (χ0v) is 10.4. The van der Waals surface area contributed by atoms with Gasteiger partial charge in [0.2, 0.25) is 0 Å². The van der Waals surface area contributed by atoms with Crippen LogP contribution in [0.4, 0.5) is 5.69 Å². The molecule has 0 atom stereocenters. The average molecular weight is 271 g/mol. The van der Waals surface area contributed by atoms with Crippen molar-refractivity contribution in [2.45, 2.75) is 6.42 Å². The molecule has 0 amide bonds. The summed E-state index contributed by atoms with van der Waals surface area (Å²) in [6.45, 7) is 0. The Balaban J connectivity index is 0.00000144. The van der Waals surface area contributed by atoms with Crippen molar-refractivity contribution in [3.05, 3.63) is 35.3 Å². The van der Waals surface area contributed by atoms with Crippen LogP contribution in [0.2, 0.25) is 0 Å². The number of halogens is 1. The van der Waals surface area contributed by atoms with Crippen LogP contribution in [-0.4, -0.2) is 16.1 Å². The maximum atomic E-state index is 10.5. The molecule has 0 fully saturated rings. The number of benzene rings is 1. The molecule has 17 heavy (non-hydrogen) atoms. The van der Waals surface area contributed by atoms with E-state index in [0.717, 1.165) is 10.6 Å². The van der Waals surface area contributed by atoms with E-state index in [9.17, 15) is 4.79 Å². The van der Waals surface area contributed by atoms with Crippen LogP contribution in [0.5, 0.6) is 0 Å². The van der Waals surface area contributed by atoms with Crippen LogP contribution in [0.1, 0.15) is 5.69 Å². The molecule has 0 aliphatic carbocycles. The predicted octanol–water partition coefficient (Wildman–Crippen LogP) is 2.44. The van der Waals surface area contributed by atoms with E-state index in [1.54, 1.807) is 11.4 Å². The molecule has 2 rings (SSSR count). The van der Waals surface area contributed by atoms with E-state index in [-0.39, 0.29) is 18.8 Å². The van der Waals surface area contributed by atoms with Crippen molar-refractivity contribution in [3.63, 3.8) is 0 Å². The summed E-state index contributed by atoms with van der Waals surface area (Å²) in [5.41, 5.74) is 7.84. The number of thiazole rings is 1. The van der Waals surface area contributed by atoms with Gasteiger partial charge in [-0.3, -0.25) is 4.79 Å². The summed E-state index contributed by atoms with van der Waals surface area (Å²) >= 11 is 1.42. The second-order valence-corrected chi connectivity index (χ2v) is 4.20. The normalized spacial score (nSPS) is 9.65. The fraction of sp³-hybridized carbons (Fsp3) is 0.0909. The van der Waals surface area contributed by atoms with Gasteiger partial charge in [-0.15, -0.1) is 23.7 Å². The zero-order valence-electron chi connectivity index (χ0n) is 8.79. The van der Waals surface area contributed by atoms with Crippen molar-refractivity contribution in [2.24, 2.45) is 0 Å². The molecule has 2 aromatic rings. The standard InChI is InChI=1S/C11H10N2O2S.ClH/c12-8-3-1-2-7(4-8)11-13-9(6-16-11)5-10(14)15;/h1-4,6H,5,12H2,(H,14,15);1H. The Kier molecular flexibility index (Phi) is 4.48. The quantitative estimate of drug-likeness (QED) is 0.840. The number of carboxylic acid groups (broad SMARTS) is 1. The molecular formula is C11H11ClN2O2S. The van der Waals surface area contributed by atoms with Gasteiger partial charge in [0.25, 0.3) is 0 Å². The average Bonchev–Trinajstić information content (AvgIpc) is 2.65. The van der Waals surface area contributed by atoms with E-state index in [2.05, 4.69) is 4.98 Å². The Morgan fingerprint density at radius 3 is 2.88 bits per heavy atom. The van der Waals surface area contributed by atoms with Gasteiger partial charge in [0, 0.05) is 16.6 Å². The highest BCUT2D eigenvalue weighted by atomic mass is 35.5. The van der Waals surface area contributed by atoms with Gasteiger partial charge in [-0.05, 0) is 12.1 Å². The summed E-state index contributed by atoms with van der Waals surface area (Å²) in [4.78, 5) is 14.8. The molecular weight excluding hydrogens is 260 g/mol. The van der Waals surface area contributed by atoms with Gasteiger partial charge in [0.15, 0.2) is 0 Å². The number of aliphatic carboxylic acids is 1. The number of nitrogens with zero attached hydrogens (tertiary/aromatic N) is 1. The first-order valence-corrected chi connectivity index (χ1v) is 5.55. The van der Waals surface area contributed by atoms with Gasteiger partial charge in [-0.2, -0.15) is 0 Å². The predicted molar refractivity (Wildman–Crippen MR) is 70.6 cm³/mol. The highest BCUT2D eigenvalue weighted by Gasteiger charge is 2.07. The number of nitrogens with two attached hydrogens (primary N) is 1. The van der Waals surface area contributed by atoms with Crippen LogP contribution in [0, 0.1) is 0 Å². The van der Waals surface area contributed by atoms with Crippen molar-refractivity contribution in [3.8, 4) is 10.6 Å². The fourth-order valence-electron chi connectivity index (χ4n) is 1.35. The van der Waals surface area contributed by atoms with Crippen molar-refractivity contribution >= 4 is 35.4 Å². The van der Waals surface area contributed by atoms with Gasteiger partial charge in [0.1, 0.15) is 5.01 Å². The Hall–Kier alpha value is -1.59. The smallest absolute Gasteiger partial charge is 0.309 e. The summed E-state index contributed by atoms with van der Waals surface area (Å²) in [5, 5.41) is 11.2. The van der Waals surface area contributed by atoms with Crippen LogP contribution in [-0.2, 0) is 11.2 Å². The third-order valence-electron chi connectivity index (χ3n) is 2.02. The SMILES string of the molecule is Cl.Nc1cccc(-c2nc(CC(=O)O)cs2)c1. The second-order valence-electron chi connectivity index (χ2n) is 3.34. The van der Waals surface area contributed by atoms with E-state index in [1.807, 2.05) is 18.2 Å². The third kappa shape index (κ3) is 3.44. The molecule has 0 radical (unpaired) electrons. The highest BCUT2D eigenvalue weighted by Crippen LogP contribution is 2.25. The Bertz CT molecular complexity index is 528. The van der Waals surface area contributed by atoms with Gasteiger partial charge >= 0.3 is 5.97 Å². The number of hydrogen-bond acceptors (Lipinski definition) is 4. The first kappa shape index (κ1) is 13.5. The topological polar surface area (TPSA) is 76.2 Å². The van der Waals surface area contributed by atoms with Gasteiger partial charge in [0.05, 0.1) is 12.1 Å². The minimum absolute atomic E-state index is 0. The second kappa shape index (κ2) is 5.65. The number of aromatic nitrogens is 1. The summed E-state index contributed by atoms with van der Waals surface area (Å²) in [5.74, 6) is -0.871. The van der Waals surface area contributed by atoms with Gasteiger partial charge in [-0.25, -0.2) is 4.98 Å². The van der Waals surface area contributed by atoms with E-state index < -0.39 is 5.97 Å². The van der Waals surface area contributed by atoms with Crippen LogP contribution >= 0.6 is 23.7 Å². The Labute approximate surface area is 109 Å². The highest BCUT2D eigenvalue weighted by molar-refractivity contribution is 7.13. The van der Waals surface area contributed by atoms with Crippen LogP contribution < -0.4 is 5.73 Å². The van der Waals surface area contributed by atoms with Gasteiger partial charge in [-0.1, -0.05) is 12.1 Å². The van der Waals surface area contributed by atoms with Gasteiger partial charge < -0.3 is 10.8 Å². The first-order chi connectivity index (χ1) is 7.65. The van der Waals surface area contributed by atoms with E-state index in [1.165, 1.54) is 11.3 Å². The van der Waals surface area contributed by atoms with Crippen molar-refractivity contribution in [1.82, 2.24) is 4.98 Å². The molecule has 0 aliphatic rings. The lowest BCUT2D eigenvalue weighted by atomic mass is 10.2. The Morgan fingerprint density at radius 2 is 2.24 bits per heavy atom. The lowest BCUT2D eigenvalue weighted by Crippen LogP contribution is -1.99. The van der Waals surface area contributed by atoms with Crippen molar-refractivity contribution in [1.29, 1.82) is 0 Å². The fourth-order valence-corrected chi connectivity index (χ4v) is 2.16. The molecule has 1 heterocycles. The van der Waals surface area contributed by atoms with Crippen LogP contribution in [0.25, 0.3) is 10.6 Å². The summed E-state index contributed by atoms with van der Waals surface area (Å²) in [7, 11) is 0. The maximum Gasteiger partial charge on any atom is 0.309 e. The van der Waals surface area contributed by atoms with Crippen LogP contribution in [0.3, 0.4) is 0 Å². The number of rotatable bonds is 3. The minimum atomic E-state index is -0.871. The molecule has 0 bridgehead atoms. The maximum absolute atomic E-state index is 10.5. The molecule has 1 aromatic heterocycles. The molecule has 4 nitrogen and oxygen atoms in total.